The first kappa shape index (κ1) is 15.0. The molecule has 1 unspecified atom stereocenters. The Morgan fingerprint density at radius 2 is 1.94 bits per heavy atom. The number of hydrogen-bond acceptors (Lipinski definition) is 3. The molecule has 4 nitrogen and oxygen atoms in total. The van der Waals surface area contributed by atoms with Crippen LogP contribution in [0.15, 0.2) is 0 Å². The third-order valence-corrected chi connectivity index (χ3v) is 3.81. The molecule has 0 spiro atoms. The monoisotopic (exact) mass is 252 g/mol. The van der Waals surface area contributed by atoms with Crippen LogP contribution in [0.4, 0.5) is 0 Å². The molecule has 0 aliphatic heterocycles. The van der Waals surface area contributed by atoms with Crippen molar-refractivity contribution >= 4 is 5.91 Å². The van der Waals surface area contributed by atoms with Gasteiger partial charge in [-0.2, -0.15) is 5.26 Å². The van der Waals surface area contributed by atoms with E-state index in [0.717, 1.165) is 25.7 Å². The normalized spacial score (nSPS) is 20.6. The largest absolute Gasteiger partial charge is 0.393 e. The van der Waals surface area contributed by atoms with Gasteiger partial charge in [0.05, 0.1) is 12.2 Å². The highest BCUT2D eigenvalue weighted by atomic mass is 16.3. The highest BCUT2D eigenvalue weighted by Crippen LogP contribution is 2.36. The summed E-state index contributed by atoms with van der Waals surface area (Å²) in [4.78, 5) is 14.1. The van der Waals surface area contributed by atoms with Crippen LogP contribution in [0, 0.1) is 16.7 Å². The van der Waals surface area contributed by atoms with Gasteiger partial charge < -0.3 is 10.0 Å². The van der Waals surface area contributed by atoms with Crippen LogP contribution < -0.4 is 0 Å². The Bertz CT molecular complexity index is 312. The standard InChI is InChI=1S/C14H24N2O2/c1-12(17)7-10-16(2)13(18)14(11-15)8-5-3-4-6-9-14/h12,17H,3-10H2,1-2H3. The van der Waals surface area contributed by atoms with E-state index in [9.17, 15) is 15.2 Å². The fraction of sp³-hybridized carbons (Fsp3) is 0.857. The molecule has 102 valence electrons. The van der Waals surface area contributed by atoms with E-state index < -0.39 is 11.5 Å². The second-order valence-electron chi connectivity index (χ2n) is 5.47. The van der Waals surface area contributed by atoms with Crippen molar-refractivity contribution in [2.75, 3.05) is 13.6 Å². The zero-order chi connectivity index (χ0) is 13.6. The van der Waals surface area contributed by atoms with Crippen molar-refractivity contribution in [3.63, 3.8) is 0 Å². The van der Waals surface area contributed by atoms with Crippen molar-refractivity contribution < 1.29 is 9.90 Å². The van der Waals surface area contributed by atoms with E-state index in [2.05, 4.69) is 6.07 Å². The third-order valence-electron chi connectivity index (χ3n) is 3.81. The highest BCUT2D eigenvalue weighted by Gasteiger charge is 2.40. The number of hydrogen-bond donors (Lipinski definition) is 1. The third kappa shape index (κ3) is 3.71. The summed E-state index contributed by atoms with van der Waals surface area (Å²) in [5.41, 5.74) is -0.816. The van der Waals surface area contributed by atoms with E-state index >= 15 is 0 Å². The zero-order valence-corrected chi connectivity index (χ0v) is 11.5. The molecule has 0 bridgehead atoms. The maximum Gasteiger partial charge on any atom is 0.242 e. The summed E-state index contributed by atoms with van der Waals surface area (Å²) in [6.45, 7) is 2.23. The lowest BCUT2D eigenvalue weighted by atomic mass is 9.80. The molecule has 1 rings (SSSR count). The summed E-state index contributed by atoms with van der Waals surface area (Å²) in [5.74, 6) is -0.0625. The van der Waals surface area contributed by atoms with Crippen molar-refractivity contribution in [2.45, 2.75) is 58.0 Å². The summed E-state index contributed by atoms with van der Waals surface area (Å²) >= 11 is 0. The number of nitriles is 1. The summed E-state index contributed by atoms with van der Waals surface area (Å²) in [7, 11) is 1.73. The molecular formula is C14H24N2O2. The van der Waals surface area contributed by atoms with E-state index in [1.54, 1.807) is 18.9 Å². The number of rotatable bonds is 4. The Morgan fingerprint density at radius 3 is 2.39 bits per heavy atom. The molecule has 1 saturated carbocycles. The van der Waals surface area contributed by atoms with Crippen LogP contribution in [0.25, 0.3) is 0 Å². The lowest BCUT2D eigenvalue weighted by Gasteiger charge is -2.29. The van der Waals surface area contributed by atoms with Gasteiger partial charge in [-0.1, -0.05) is 25.7 Å². The maximum atomic E-state index is 12.4. The van der Waals surface area contributed by atoms with Crippen LogP contribution in [0.5, 0.6) is 0 Å². The molecule has 1 aliphatic rings. The summed E-state index contributed by atoms with van der Waals surface area (Å²) in [5, 5.41) is 18.7. The smallest absolute Gasteiger partial charge is 0.242 e. The number of carbonyl (C=O) groups excluding carboxylic acids is 1. The van der Waals surface area contributed by atoms with Gasteiger partial charge in [-0.3, -0.25) is 4.79 Å². The SMILES string of the molecule is CC(O)CCN(C)C(=O)C1(C#N)CCCCCC1. The molecule has 1 atom stereocenters. The molecule has 1 aliphatic carbocycles. The first-order valence-corrected chi connectivity index (χ1v) is 6.87. The van der Waals surface area contributed by atoms with Gasteiger partial charge in [0, 0.05) is 13.6 Å². The van der Waals surface area contributed by atoms with Gasteiger partial charge in [-0.15, -0.1) is 0 Å². The molecule has 1 fully saturated rings. The fourth-order valence-corrected chi connectivity index (χ4v) is 2.55. The van der Waals surface area contributed by atoms with Crippen LogP contribution in [-0.2, 0) is 4.79 Å². The first-order valence-electron chi connectivity index (χ1n) is 6.87. The van der Waals surface area contributed by atoms with E-state index in [1.807, 2.05) is 0 Å². The van der Waals surface area contributed by atoms with Gasteiger partial charge in [-0.05, 0) is 26.2 Å². The molecule has 0 aromatic carbocycles. The minimum Gasteiger partial charge on any atom is -0.393 e. The lowest BCUT2D eigenvalue weighted by molar-refractivity contribution is -0.138. The Kier molecular flexibility index (Phi) is 5.61. The van der Waals surface area contributed by atoms with Crippen molar-refractivity contribution in [3.8, 4) is 6.07 Å². The number of aliphatic hydroxyl groups excluding tert-OH is 1. The number of aliphatic hydroxyl groups is 1. The molecule has 4 heteroatoms. The molecule has 1 N–H and O–H groups in total. The summed E-state index contributed by atoms with van der Waals surface area (Å²) in [6, 6.07) is 2.27. The Balaban J connectivity index is 2.68. The van der Waals surface area contributed by atoms with Crippen LogP contribution in [0.2, 0.25) is 0 Å². The summed E-state index contributed by atoms with van der Waals surface area (Å²) in [6.07, 6.45) is 5.68. The van der Waals surface area contributed by atoms with Crippen LogP contribution >= 0.6 is 0 Å². The van der Waals surface area contributed by atoms with E-state index in [1.165, 1.54) is 0 Å². The van der Waals surface area contributed by atoms with Crippen LogP contribution in [0.3, 0.4) is 0 Å². The van der Waals surface area contributed by atoms with Gasteiger partial charge >= 0.3 is 0 Å². The van der Waals surface area contributed by atoms with Gasteiger partial charge in [0.1, 0.15) is 5.41 Å². The number of carbonyl (C=O) groups is 1. The van der Waals surface area contributed by atoms with Gasteiger partial charge in [0.15, 0.2) is 0 Å². The zero-order valence-electron chi connectivity index (χ0n) is 11.5. The van der Waals surface area contributed by atoms with Crippen molar-refractivity contribution in [1.82, 2.24) is 4.90 Å². The molecule has 1 amide bonds. The Hall–Kier alpha value is -1.08. The molecule has 0 saturated heterocycles. The minimum absolute atomic E-state index is 0.0625. The maximum absolute atomic E-state index is 12.4. The average molecular weight is 252 g/mol. The van der Waals surface area contributed by atoms with Crippen molar-refractivity contribution in [2.24, 2.45) is 5.41 Å². The Morgan fingerprint density at radius 1 is 1.39 bits per heavy atom. The number of nitrogens with zero attached hydrogens (tertiary/aromatic N) is 2. The molecular weight excluding hydrogens is 228 g/mol. The molecule has 18 heavy (non-hydrogen) atoms. The summed E-state index contributed by atoms with van der Waals surface area (Å²) < 4.78 is 0. The van der Waals surface area contributed by atoms with E-state index in [0.29, 0.717) is 25.8 Å². The van der Waals surface area contributed by atoms with Gasteiger partial charge in [0.25, 0.3) is 0 Å². The van der Waals surface area contributed by atoms with E-state index in [4.69, 9.17) is 0 Å². The predicted octanol–water partition coefficient (Wildman–Crippen LogP) is 2.08. The quantitative estimate of drug-likeness (QED) is 0.779. The second-order valence-corrected chi connectivity index (χ2v) is 5.47. The fourth-order valence-electron chi connectivity index (χ4n) is 2.55. The van der Waals surface area contributed by atoms with Gasteiger partial charge in [0.2, 0.25) is 5.91 Å². The van der Waals surface area contributed by atoms with E-state index in [-0.39, 0.29) is 5.91 Å². The van der Waals surface area contributed by atoms with Crippen LogP contribution in [0.1, 0.15) is 51.9 Å². The topological polar surface area (TPSA) is 64.3 Å². The lowest BCUT2D eigenvalue weighted by Crippen LogP contribution is -2.42. The van der Waals surface area contributed by atoms with Crippen molar-refractivity contribution in [1.29, 1.82) is 5.26 Å². The predicted molar refractivity (Wildman–Crippen MR) is 69.7 cm³/mol. The Labute approximate surface area is 110 Å². The molecule has 0 aromatic rings. The molecule has 0 radical (unpaired) electrons. The number of amides is 1. The van der Waals surface area contributed by atoms with Crippen molar-refractivity contribution in [3.05, 3.63) is 0 Å². The van der Waals surface area contributed by atoms with Gasteiger partial charge in [-0.25, -0.2) is 0 Å². The minimum atomic E-state index is -0.816. The average Bonchev–Trinajstić information content (AvgIpc) is 2.61. The van der Waals surface area contributed by atoms with Crippen LogP contribution in [-0.4, -0.2) is 35.6 Å². The first-order chi connectivity index (χ1) is 8.52. The molecule has 0 heterocycles. The molecule has 0 aromatic heterocycles. The second kappa shape index (κ2) is 6.75. The highest BCUT2D eigenvalue weighted by molar-refractivity contribution is 5.85.